The summed E-state index contributed by atoms with van der Waals surface area (Å²) in [5.74, 6) is -2.10. The summed E-state index contributed by atoms with van der Waals surface area (Å²) in [6, 6.07) is 0. The molecule has 0 aliphatic rings. The van der Waals surface area contributed by atoms with Crippen LogP contribution in [0, 0.1) is 0 Å². The zero-order chi connectivity index (χ0) is 11.8. The second-order valence-electron chi connectivity index (χ2n) is 2.13. The number of nitrogens with one attached hydrogen (secondary N) is 2. The summed E-state index contributed by atoms with van der Waals surface area (Å²) in [7, 11) is 1.04. The van der Waals surface area contributed by atoms with Gasteiger partial charge in [-0.2, -0.15) is 0 Å². The molecule has 15 heavy (non-hydrogen) atoms. The van der Waals surface area contributed by atoms with Gasteiger partial charge in [0.15, 0.2) is 5.70 Å². The summed E-state index contributed by atoms with van der Waals surface area (Å²) in [5.41, 5.74) is 3.78. The molecule has 3 amide bonds. The van der Waals surface area contributed by atoms with Gasteiger partial charge in [-0.15, -0.1) is 0 Å². The number of nitrogens with two attached hydrogens (primary N) is 1. The topological polar surface area (TPSA) is 128 Å². The van der Waals surface area contributed by atoms with Crippen molar-refractivity contribution in [2.45, 2.75) is 0 Å². The van der Waals surface area contributed by atoms with E-state index in [-0.39, 0.29) is 12.8 Å². The maximum Gasteiger partial charge on any atom is 0.356 e. The number of primary amides is 1. The molecule has 0 aromatic heterocycles. The quantitative estimate of drug-likeness (QED) is 0.253. The first-order valence-electron chi connectivity index (χ1n) is 3.61. The maximum atomic E-state index is 11.1. The SMILES string of the molecule is COC(=O)/C(NC=O)=C(\NC=O)C(N)=O. The zero-order valence-corrected chi connectivity index (χ0v) is 7.77. The van der Waals surface area contributed by atoms with E-state index in [4.69, 9.17) is 5.73 Å². The van der Waals surface area contributed by atoms with E-state index in [0.717, 1.165) is 7.11 Å². The first-order chi connectivity index (χ1) is 7.08. The van der Waals surface area contributed by atoms with Gasteiger partial charge in [0.25, 0.3) is 5.91 Å². The molecule has 0 radical (unpaired) electrons. The number of hydrogen-bond donors (Lipinski definition) is 3. The standard InChI is InChI=1S/C7H9N3O5/c1-15-7(14)5(10-3-12)4(6(8)13)9-2-11/h2-3H,1H3,(H2,8,13)(H,9,11)(H,10,12)/b5-4+. The van der Waals surface area contributed by atoms with Crippen LogP contribution in [0.3, 0.4) is 0 Å². The molecular formula is C7H9N3O5. The number of ether oxygens (including phenoxy) is 1. The molecule has 0 atom stereocenters. The molecule has 0 fully saturated rings. The maximum absolute atomic E-state index is 11.1. The third kappa shape index (κ3) is 3.46. The minimum absolute atomic E-state index is 0.134. The Kier molecular flexibility index (Phi) is 5.16. The number of methoxy groups -OCH3 is 1. The van der Waals surface area contributed by atoms with Gasteiger partial charge in [0.05, 0.1) is 7.11 Å². The van der Waals surface area contributed by atoms with Gasteiger partial charge in [-0.25, -0.2) is 4.79 Å². The van der Waals surface area contributed by atoms with Crippen LogP contribution in [0.1, 0.15) is 0 Å². The summed E-state index contributed by atoms with van der Waals surface area (Å²) < 4.78 is 4.26. The molecular weight excluding hydrogens is 206 g/mol. The number of amides is 3. The van der Waals surface area contributed by atoms with Crippen molar-refractivity contribution in [1.82, 2.24) is 10.6 Å². The third-order valence-electron chi connectivity index (χ3n) is 1.29. The molecule has 0 bridgehead atoms. The van der Waals surface area contributed by atoms with Gasteiger partial charge in [-0.05, 0) is 0 Å². The Morgan fingerprint density at radius 1 is 1.13 bits per heavy atom. The summed E-state index contributed by atoms with van der Waals surface area (Å²) in [4.78, 5) is 42.1. The average molecular weight is 215 g/mol. The van der Waals surface area contributed by atoms with E-state index in [2.05, 4.69) is 4.74 Å². The van der Waals surface area contributed by atoms with E-state index in [1.165, 1.54) is 0 Å². The van der Waals surface area contributed by atoms with Gasteiger partial charge in [-0.1, -0.05) is 0 Å². The molecule has 0 aromatic rings. The van der Waals surface area contributed by atoms with Crippen LogP contribution in [0.15, 0.2) is 11.4 Å². The van der Waals surface area contributed by atoms with Gasteiger partial charge in [0, 0.05) is 0 Å². The Labute approximate surface area is 84.4 Å². The molecule has 0 saturated heterocycles. The van der Waals surface area contributed by atoms with Crippen LogP contribution in [-0.2, 0) is 23.9 Å². The fourth-order valence-electron chi connectivity index (χ4n) is 0.720. The monoisotopic (exact) mass is 215 g/mol. The first kappa shape index (κ1) is 12.6. The molecule has 0 heterocycles. The van der Waals surface area contributed by atoms with Gasteiger partial charge < -0.3 is 21.1 Å². The van der Waals surface area contributed by atoms with Crippen molar-refractivity contribution in [1.29, 1.82) is 0 Å². The number of carbonyl (C=O) groups is 4. The van der Waals surface area contributed by atoms with Crippen molar-refractivity contribution >= 4 is 24.7 Å². The molecule has 0 spiro atoms. The fourth-order valence-corrected chi connectivity index (χ4v) is 0.720. The average Bonchev–Trinajstić information content (AvgIpc) is 2.21. The lowest BCUT2D eigenvalue weighted by atomic mass is 10.3. The van der Waals surface area contributed by atoms with E-state index in [9.17, 15) is 19.2 Å². The Morgan fingerprint density at radius 2 is 1.60 bits per heavy atom. The van der Waals surface area contributed by atoms with Crippen molar-refractivity contribution < 1.29 is 23.9 Å². The van der Waals surface area contributed by atoms with E-state index >= 15 is 0 Å². The molecule has 8 nitrogen and oxygen atoms in total. The zero-order valence-electron chi connectivity index (χ0n) is 7.77. The molecule has 0 aliphatic heterocycles. The van der Waals surface area contributed by atoms with Crippen molar-refractivity contribution in [3.8, 4) is 0 Å². The van der Waals surface area contributed by atoms with Crippen LogP contribution in [0.5, 0.6) is 0 Å². The van der Waals surface area contributed by atoms with Crippen LogP contribution in [0.4, 0.5) is 0 Å². The summed E-state index contributed by atoms with van der Waals surface area (Å²) in [6.07, 6.45) is 0.275. The molecule has 0 rings (SSSR count). The first-order valence-corrected chi connectivity index (χ1v) is 3.61. The van der Waals surface area contributed by atoms with E-state index in [1.54, 1.807) is 0 Å². The van der Waals surface area contributed by atoms with Crippen molar-refractivity contribution in [2.75, 3.05) is 7.11 Å². The lowest BCUT2D eigenvalue weighted by molar-refractivity contribution is -0.137. The molecule has 0 unspecified atom stereocenters. The fraction of sp³-hybridized carbons (Fsp3) is 0.143. The number of carbonyl (C=O) groups excluding carboxylic acids is 4. The van der Waals surface area contributed by atoms with Crippen LogP contribution in [0.2, 0.25) is 0 Å². The van der Waals surface area contributed by atoms with Crippen LogP contribution < -0.4 is 16.4 Å². The smallest absolute Gasteiger partial charge is 0.356 e. The number of esters is 1. The van der Waals surface area contributed by atoms with E-state index < -0.39 is 23.3 Å². The molecule has 8 heteroatoms. The minimum atomic E-state index is -1.09. The second kappa shape index (κ2) is 6.13. The largest absolute Gasteiger partial charge is 0.464 e. The number of rotatable bonds is 6. The Morgan fingerprint density at radius 3 is 1.93 bits per heavy atom. The highest BCUT2D eigenvalue weighted by molar-refractivity contribution is 6.03. The molecule has 0 saturated carbocycles. The van der Waals surface area contributed by atoms with Gasteiger partial charge in [0.1, 0.15) is 5.70 Å². The Bertz CT molecular complexity index is 323. The highest BCUT2D eigenvalue weighted by Gasteiger charge is 2.19. The third-order valence-corrected chi connectivity index (χ3v) is 1.29. The van der Waals surface area contributed by atoms with E-state index in [0.29, 0.717) is 0 Å². The van der Waals surface area contributed by atoms with Gasteiger partial charge in [-0.3, -0.25) is 14.4 Å². The van der Waals surface area contributed by atoms with Crippen molar-refractivity contribution in [3.05, 3.63) is 11.4 Å². The van der Waals surface area contributed by atoms with Gasteiger partial charge >= 0.3 is 5.97 Å². The number of hydrogen-bond acceptors (Lipinski definition) is 5. The lowest BCUT2D eigenvalue weighted by Gasteiger charge is -2.08. The minimum Gasteiger partial charge on any atom is -0.464 e. The van der Waals surface area contributed by atoms with Crippen LogP contribution in [-0.4, -0.2) is 31.8 Å². The van der Waals surface area contributed by atoms with E-state index in [1.807, 2.05) is 10.6 Å². The summed E-state index contributed by atoms with van der Waals surface area (Å²) in [6.45, 7) is 0. The lowest BCUT2D eigenvalue weighted by Crippen LogP contribution is -2.34. The molecule has 0 aliphatic carbocycles. The highest BCUT2D eigenvalue weighted by Crippen LogP contribution is 1.98. The molecule has 0 aromatic carbocycles. The van der Waals surface area contributed by atoms with Crippen molar-refractivity contribution in [3.63, 3.8) is 0 Å². The summed E-state index contributed by atoms with van der Waals surface area (Å²) in [5, 5.41) is 3.79. The predicted octanol–water partition coefficient (Wildman–Crippen LogP) is -2.65. The molecule has 4 N–H and O–H groups in total. The van der Waals surface area contributed by atoms with Crippen molar-refractivity contribution in [2.24, 2.45) is 5.73 Å². The Balaban J connectivity index is 5.31. The van der Waals surface area contributed by atoms with Crippen LogP contribution >= 0.6 is 0 Å². The van der Waals surface area contributed by atoms with Crippen LogP contribution in [0.25, 0.3) is 0 Å². The Hall–Kier alpha value is -2.38. The predicted molar refractivity (Wildman–Crippen MR) is 46.6 cm³/mol. The van der Waals surface area contributed by atoms with Gasteiger partial charge in [0.2, 0.25) is 12.8 Å². The molecule has 82 valence electrons. The highest BCUT2D eigenvalue weighted by atomic mass is 16.5. The normalized spacial score (nSPS) is 10.7. The summed E-state index contributed by atoms with van der Waals surface area (Å²) >= 11 is 0. The second-order valence-corrected chi connectivity index (χ2v) is 2.13.